The second-order valence-corrected chi connectivity index (χ2v) is 10.5. The Balaban J connectivity index is 1.65. The summed E-state index contributed by atoms with van der Waals surface area (Å²) < 4.78 is 12.0. The van der Waals surface area contributed by atoms with Crippen LogP contribution in [0.25, 0.3) is 10.8 Å². The molecule has 0 radical (unpaired) electrons. The number of benzene rings is 2. The molecule has 0 amide bonds. The van der Waals surface area contributed by atoms with Gasteiger partial charge in [-0.25, -0.2) is 0 Å². The van der Waals surface area contributed by atoms with E-state index in [1.807, 2.05) is 0 Å². The van der Waals surface area contributed by atoms with Crippen molar-refractivity contribution >= 4 is 28.1 Å². The summed E-state index contributed by atoms with van der Waals surface area (Å²) >= 11 is 0. The highest BCUT2D eigenvalue weighted by molar-refractivity contribution is 6.14. The Morgan fingerprint density at radius 3 is 2.56 bits per heavy atom. The molecule has 11 heteroatoms. The fraction of sp³-hybridized carbons (Fsp3) is 0.464. The molecule has 208 valence electrons. The van der Waals surface area contributed by atoms with E-state index in [1.165, 1.54) is 19.9 Å². The van der Waals surface area contributed by atoms with Crippen LogP contribution in [0, 0.1) is 5.92 Å². The minimum Gasteiger partial charge on any atom is -0.507 e. The van der Waals surface area contributed by atoms with Crippen molar-refractivity contribution in [2.75, 3.05) is 6.61 Å². The molecule has 5 rings (SSSR count). The van der Waals surface area contributed by atoms with Gasteiger partial charge >= 0.3 is 0 Å². The molecular weight excluding hydrogens is 512 g/mol. The molecule has 3 aliphatic rings. The maximum atomic E-state index is 14.3. The maximum absolute atomic E-state index is 14.3. The fourth-order valence-electron chi connectivity index (χ4n) is 6.15. The van der Waals surface area contributed by atoms with Gasteiger partial charge < -0.3 is 40.1 Å². The van der Waals surface area contributed by atoms with E-state index < -0.39 is 71.4 Å². The van der Waals surface area contributed by atoms with Crippen LogP contribution in [-0.2, 0) is 25.5 Å². The van der Waals surface area contributed by atoms with Gasteiger partial charge in [0.15, 0.2) is 29.1 Å². The van der Waals surface area contributed by atoms with Crippen LogP contribution in [0.3, 0.4) is 0 Å². The summed E-state index contributed by atoms with van der Waals surface area (Å²) in [5.74, 6) is -4.12. The molecular formula is C28H30O11. The summed E-state index contributed by atoms with van der Waals surface area (Å²) in [6, 6.07) is 6.18. The van der Waals surface area contributed by atoms with Gasteiger partial charge in [0.25, 0.3) is 0 Å². The first-order chi connectivity index (χ1) is 18.4. The third kappa shape index (κ3) is 4.00. The number of fused-ring (bicyclic) bond motifs is 3. The summed E-state index contributed by atoms with van der Waals surface area (Å²) in [5.41, 5.74) is -4.13. The van der Waals surface area contributed by atoms with E-state index in [1.54, 1.807) is 18.2 Å². The molecule has 6 N–H and O–H groups in total. The summed E-state index contributed by atoms with van der Waals surface area (Å²) in [7, 11) is 0. The van der Waals surface area contributed by atoms with E-state index >= 15 is 0 Å². The zero-order valence-corrected chi connectivity index (χ0v) is 21.3. The highest BCUT2D eigenvalue weighted by Gasteiger charge is 2.60. The lowest BCUT2D eigenvalue weighted by atomic mass is 9.63. The van der Waals surface area contributed by atoms with Crippen LogP contribution in [0.4, 0.5) is 0 Å². The minimum absolute atomic E-state index is 0.0421. The monoisotopic (exact) mass is 542 g/mol. The minimum atomic E-state index is -2.08. The standard InChI is InChI=1S/C28H30O11/c1-12(30)16-10-28(39-20-6-7-27(37,13(2)38-20)19(32)11-29)17(24(34)23(16)33)9-15-8-14-4-3-5-18(31)21(14)25(35)22(15)26(28)36/h3-5,8,10,13,17,20,23-24,29,31,33-35,37H,6-7,9,11H2,1-2H3. The van der Waals surface area contributed by atoms with Crippen molar-refractivity contribution in [2.45, 2.75) is 68.9 Å². The number of aromatic hydroxyl groups is 2. The Kier molecular flexibility index (Phi) is 6.65. The number of rotatable bonds is 5. The average molecular weight is 543 g/mol. The Labute approximate surface area is 222 Å². The number of carbonyl (C=O) groups excluding carboxylic acids is 3. The molecule has 2 aromatic rings. The second-order valence-electron chi connectivity index (χ2n) is 10.5. The van der Waals surface area contributed by atoms with Gasteiger partial charge in [0, 0.05) is 17.9 Å². The average Bonchev–Trinajstić information content (AvgIpc) is 2.89. The number of phenolic OH excluding ortho intramolecular Hbond substituents is 2. The van der Waals surface area contributed by atoms with E-state index in [4.69, 9.17) is 9.47 Å². The van der Waals surface area contributed by atoms with Crippen molar-refractivity contribution in [1.82, 2.24) is 0 Å². The summed E-state index contributed by atoms with van der Waals surface area (Å²) in [4.78, 5) is 38.9. The zero-order valence-electron chi connectivity index (χ0n) is 21.3. The van der Waals surface area contributed by atoms with Crippen LogP contribution in [0.1, 0.15) is 42.6 Å². The van der Waals surface area contributed by atoms with E-state index in [2.05, 4.69) is 0 Å². The molecule has 1 saturated heterocycles. The van der Waals surface area contributed by atoms with Crippen molar-refractivity contribution in [3.05, 3.63) is 47.0 Å². The van der Waals surface area contributed by atoms with Crippen LogP contribution in [0.5, 0.6) is 11.5 Å². The predicted molar refractivity (Wildman–Crippen MR) is 134 cm³/mol. The summed E-state index contributed by atoms with van der Waals surface area (Å²) in [5, 5.41) is 64.0. The van der Waals surface area contributed by atoms with E-state index in [9.17, 15) is 45.0 Å². The topological polar surface area (TPSA) is 191 Å². The van der Waals surface area contributed by atoms with Gasteiger partial charge in [-0.3, -0.25) is 14.4 Å². The number of ketones is 3. The molecule has 1 aliphatic heterocycles. The van der Waals surface area contributed by atoms with E-state index in [0.717, 1.165) is 6.08 Å². The van der Waals surface area contributed by atoms with Crippen LogP contribution in [0.2, 0.25) is 0 Å². The van der Waals surface area contributed by atoms with E-state index in [-0.39, 0.29) is 41.5 Å². The lowest BCUT2D eigenvalue weighted by Gasteiger charge is -2.50. The van der Waals surface area contributed by atoms with Gasteiger partial charge in [-0.15, -0.1) is 0 Å². The second kappa shape index (κ2) is 9.47. The molecule has 7 atom stereocenters. The van der Waals surface area contributed by atoms with Crippen molar-refractivity contribution in [2.24, 2.45) is 5.92 Å². The molecule has 0 bridgehead atoms. The van der Waals surface area contributed by atoms with Crippen LogP contribution < -0.4 is 0 Å². The number of aliphatic hydroxyl groups is 4. The largest absolute Gasteiger partial charge is 0.507 e. The van der Waals surface area contributed by atoms with Gasteiger partial charge in [-0.2, -0.15) is 0 Å². The van der Waals surface area contributed by atoms with Gasteiger partial charge in [0.2, 0.25) is 5.78 Å². The number of Topliss-reactive ketones (excluding diaryl/α,β-unsaturated/α-hetero) is 3. The first kappa shape index (κ1) is 27.4. The summed E-state index contributed by atoms with van der Waals surface area (Å²) in [6.07, 6.45) is -4.70. The van der Waals surface area contributed by atoms with Crippen molar-refractivity contribution < 1.29 is 54.5 Å². The molecule has 1 fully saturated rings. The van der Waals surface area contributed by atoms with Crippen LogP contribution in [0.15, 0.2) is 35.9 Å². The smallest absolute Gasteiger partial charge is 0.203 e. The Hall–Kier alpha value is -3.19. The third-order valence-corrected chi connectivity index (χ3v) is 8.35. The molecule has 0 saturated carbocycles. The van der Waals surface area contributed by atoms with Gasteiger partial charge in [-0.05, 0) is 49.8 Å². The molecule has 0 spiro atoms. The SMILES string of the molecule is CC(=O)C1=CC2(OC3CCC(O)(C(=O)CO)C(C)O3)C(=O)c3c(cc4cccc(O)c4c3O)CC2C(O)C1O. The molecule has 1 heterocycles. The number of phenols is 2. The number of aliphatic hydroxyl groups excluding tert-OH is 3. The van der Waals surface area contributed by atoms with E-state index in [0.29, 0.717) is 10.9 Å². The Bertz CT molecular complexity index is 1410. The first-order valence-electron chi connectivity index (χ1n) is 12.7. The molecule has 39 heavy (non-hydrogen) atoms. The number of hydrogen-bond acceptors (Lipinski definition) is 11. The highest BCUT2D eigenvalue weighted by Crippen LogP contribution is 2.50. The van der Waals surface area contributed by atoms with Gasteiger partial charge in [0.1, 0.15) is 24.2 Å². The van der Waals surface area contributed by atoms with Gasteiger partial charge in [-0.1, -0.05) is 18.2 Å². The molecule has 2 aliphatic carbocycles. The zero-order chi connectivity index (χ0) is 28.4. The molecule has 0 aromatic heterocycles. The lowest BCUT2D eigenvalue weighted by Crippen LogP contribution is -2.63. The first-order valence-corrected chi connectivity index (χ1v) is 12.7. The van der Waals surface area contributed by atoms with Crippen molar-refractivity contribution in [3.8, 4) is 11.5 Å². The highest BCUT2D eigenvalue weighted by atomic mass is 16.7. The van der Waals surface area contributed by atoms with Crippen LogP contribution in [-0.4, -0.2) is 90.4 Å². The molecule has 7 unspecified atom stereocenters. The number of ether oxygens (including phenoxy) is 2. The molecule has 11 nitrogen and oxygen atoms in total. The quantitative estimate of drug-likeness (QED) is 0.307. The Morgan fingerprint density at radius 2 is 1.92 bits per heavy atom. The number of hydrogen-bond donors (Lipinski definition) is 6. The number of carbonyl (C=O) groups is 3. The normalized spacial score (nSPS) is 34.3. The van der Waals surface area contributed by atoms with Crippen LogP contribution >= 0.6 is 0 Å². The fourth-order valence-corrected chi connectivity index (χ4v) is 6.15. The predicted octanol–water partition coefficient (Wildman–Crippen LogP) is 0.430. The summed E-state index contributed by atoms with van der Waals surface area (Å²) in [6.45, 7) is 1.68. The lowest BCUT2D eigenvalue weighted by molar-refractivity contribution is -0.273. The third-order valence-electron chi connectivity index (χ3n) is 8.35. The molecule has 2 aromatic carbocycles. The van der Waals surface area contributed by atoms with Crippen molar-refractivity contribution in [1.29, 1.82) is 0 Å². The van der Waals surface area contributed by atoms with Gasteiger partial charge in [0.05, 0.1) is 23.2 Å². The maximum Gasteiger partial charge on any atom is 0.203 e. The van der Waals surface area contributed by atoms with Crippen molar-refractivity contribution in [3.63, 3.8) is 0 Å². The Morgan fingerprint density at radius 1 is 1.21 bits per heavy atom.